The van der Waals surface area contributed by atoms with Gasteiger partial charge < -0.3 is 0 Å². The lowest BCUT2D eigenvalue weighted by Gasteiger charge is -2.26. The zero-order valence-corrected chi connectivity index (χ0v) is 11.5. The Bertz CT molecular complexity index is 508. The lowest BCUT2D eigenvalue weighted by Crippen LogP contribution is -2.13. The summed E-state index contributed by atoms with van der Waals surface area (Å²) in [7, 11) is 0. The Balaban J connectivity index is 1.77. The maximum absolute atomic E-state index is 13.1. The zero-order valence-electron chi connectivity index (χ0n) is 11.5. The fraction of sp³-hybridized carbons (Fsp3) is 0.471. The molecule has 0 atom stereocenters. The molecule has 106 valence electrons. The molecule has 20 heavy (non-hydrogen) atoms. The summed E-state index contributed by atoms with van der Waals surface area (Å²) >= 11 is 0. The molecule has 1 aliphatic rings. The third-order valence-electron chi connectivity index (χ3n) is 4.16. The van der Waals surface area contributed by atoms with Gasteiger partial charge in [0, 0.05) is 6.08 Å². The van der Waals surface area contributed by atoms with Crippen LogP contribution in [0.2, 0.25) is 0 Å². The molecule has 3 heteroatoms. The van der Waals surface area contributed by atoms with E-state index in [4.69, 9.17) is 5.26 Å². The summed E-state index contributed by atoms with van der Waals surface area (Å²) in [6.45, 7) is 0. The Kier molecular flexibility index (Phi) is 5.29. The number of allylic oxidation sites excluding steroid dienone is 2. The van der Waals surface area contributed by atoms with Crippen LogP contribution in [-0.4, -0.2) is 0 Å². The molecule has 0 unspecified atom stereocenters. The van der Waals surface area contributed by atoms with Crippen LogP contribution in [0.4, 0.5) is 8.78 Å². The van der Waals surface area contributed by atoms with Gasteiger partial charge in [-0.05, 0) is 68.1 Å². The third kappa shape index (κ3) is 4.16. The smallest absolute Gasteiger partial charge is 0.159 e. The number of hydrogen-bond donors (Lipinski definition) is 0. The minimum absolute atomic E-state index is 0.536. The van der Waals surface area contributed by atoms with Gasteiger partial charge in [0.1, 0.15) is 0 Å². The molecule has 1 fully saturated rings. The lowest BCUT2D eigenvalue weighted by molar-refractivity contribution is 0.296. The number of rotatable bonds is 4. The summed E-state index contributed by atoms with van der Waals surface area (Å²) < 4.78 is 25.9. The quantitative estimate of drug-likeness (QED) is 0.725. The van der Waals surface area contributed by atoms with E-state index in [0.29, 0.717) is 11.8 Å². The zero-order chi connectivity index (χ0) is 14.4. The van der Waals surface area contributed by atoms with Crippen LogP contribution in [0.15, 0.2) is 30.4 Å². The van der Waals surface area contributed by atoms with Gasteiger partial charge in [0.15, 0.2) is 11.6 Å². The van der Waals surface area contributed by atoms with Crippen LogP contribution in [0.3, 0.4) is 0 Å². The van der Waals surface area contributed by atoms with E-state index in [-0.39, 0.29) is 0 Å². The van der Waals surface area contributed by atoms with Crippen molar-refractivity contribution in [1.29, 1.82) is 5.26 Å². The van der Waals surface area contributed by atoms with E-state index in [2.05, 4.69) is 0 Å². The largest absolute Gasteiger partial charge is 0.204 e. The average molecular weight is 275 g/mol. The van der Waals surface area contributed by atoms with Crippen LogP contribution < -0.4 is 0 Å². The molecule has 1 nitrogen and oxygen atoms in total. The van der Waals surface area contributed by atoms with Crippen molar-refractivity contribution < 1.29 is 8.78 Å². The molecular weight excluding hydrogens is 256 g/mol. The summed E-state index contributed by atoms with van der Waals surface area (Å²) in [5.74, 6) is -0.338. The summed E-state index contributed by atoms with van der Waals surface area (Å²) in [6.07, 6.45) is 9.98. The van der Waals surface area contributed by atoms with Crippen molar-refractivity contribution in [3.8, 4) is 6.07 Å². The fourth-order valence-corrected chi connectivity index (χ4v) is 2.91. The van der Waals surface area contributed by atoms with Gasteiger partial charge in [0.05, 0.1) is 6.07 Å². The SMILES string of the molecule is N#CC=C[C@H]1CC[C@H](CCc2ccc(F)c(F)c2)CC1. The number of aryl methyl sites for hydroxylation is 1. The van der Waals surface area contributed by atoms with Crippen molar-refractivity contribution >= 4 is 0 Å². The first-order chi connectivity index (χ1) is 9.69. The van der Waals surface area contributed by atoms with Crippen molar-refractivity contribution in [2.75, 3.05) is 0 Å². The number of nitriles is 1. The van der Waals surface area contributed by atoms with Gasteiger partial charge in [-0.3, -0.25) is 0 Å². The third-order valence-corrected chi connectivity index (χ3v) is 4.16. The highest BCUT2D eigenvalue weighted by Crippen LogP contribution is 2.32. The van der Waals surface area contributed by atoms with Gasteiger partial charge in [-0.1, -0.05) is 12.1 Å². The normalized spacial score (nSPS) is 22.9. The predicted octanol–water partition coefficient (Wildman–Crippen LogP) is 4.78. The van der Waals surface area contributed by atoms with E-state index < -0.39 is 11.6 Å². The highest BCUT2D eigenvalue weighted by molar-refractivity contribution is 5.17. The number of benzene rings is 1. The van der Waals surface area contributed by atoms with Crippen molar-refractivity contribution in [3.05, 3.63) is 47.5 Å². The second kappa shape index (κ2) is 7.19. The molecule has 0 heterocycles. The molecule has 0 saturated heterocycles. The summed E-state index contributed by atoms with van der Waals surface area (Å²) in [5, 5.41) is 8.51. The highest BCUT2D eigenvalue weighted by Gasteiger charge is 2.19. The highest BCUT2D eigenvalue weighted by atomic mass is 19.2. The van der Waals surface area contributed by atoms with E-state index >= 15 is 0 Å². The molecule has 2 rings (SSSR count). The maximum Gasteiger partial charge on any atom is 0.159 e. The van der Waals surface area contributed by atoms with Crippen molar-refractivity contribution in [2.24, 2.45) is 11.8 Å². The van der Waals surface area contributed by atoms with Crippen LogP contribution in [0, 0.1) is 34.8 Å². The Morgan fingerprint density at radius 2 is 1.90 bits per heavy atom. The van der Waals surface area contributed by atoms with Gasteiger partial charge in [-0.25, -0.2) is 8.78 Å². The van der Waals surface area contributed by atoms with Gasteiger partial charge in [-0.2, -0.15) is 5.26 Å². The van der Waals surface area contributed by atoms with Crippen molar-refractivity contribution in [1.82, 2.24) is 0 Å². The minimum atomic E-state index is -0.779. The predicted molar refractivity (Wildman–Crippen MR) is 74.9 cm³/mol. The Morgan fingerprint density at radius 1 is 1.15 bits per heavy atom. The van der Waals surface area contributed by atoms with Crippen LogP contribution in [-0.2, 0) is 6.42 Å². The molecule has 0 spiro atoms. The molecule has 1 aliphatic carbocycles. The summed E-state index contributed by atoms with van der Waals surface area (Å²) in [5.41, 5.74) is 0.871. The number of nitrogens with zero attached hydrogens (tertiary/aromatic N) is 1. The summed E-state index contributed by atoms with van der Waals surface area (Å²) in [4.78, 5) is 0. The second-order valence-electron chi connectivity index (χ2n) is 5.56. The summed E-state index contributed by atoms with van der Waals surface area (Å²) in [6, 6.07) is 6.21. The average Bonchev–Trinajstić information content (AvgIpc) is 2.47. The van der Waals surface area contributed by atoms with Crippen molar-refractivity contribution in [3.63, 3.8) is 0 Å². The molecule has 0 radical (unpaired) electrons. The van der Waals surface area contributed by atoms with Gasteiger partial charge in [0.2, 0.25) is 0 Å². The molecule has 0 amide bonds. The molecule has 0 N–H and O–H groups in total. The van der Waals surface area contributed by atoms with E-state index in [0.717, 1.165) is 44.1 Å². The topological polar surface area (TPSA) is 23.8 Å². The molecule has 1 saturated carbocycles. The van der Waals surface area contributed by atoms with E-state index in [9.17, 15) is 8.78 Å². The first-order valence-corrected chi connectivity index (χ1v) is 7.19. The van der Waals surface area contributed by atoms with Gasteiger partial charge in [-0.15, -0.1) is 0 Å². The molecule has 0 bridgehead atoms. The fourth-order valence-electron chi connectivity index (χ4n) is 2.91. The van der Waals surface area contributed by atoms with E-state index in [1.807, 2.05) is 12.1 Å². The van der Waals surface area contributed by atoms with Gasteiger partial charge >= 0.3 is 0 Å². The Hall–Kier alpha value is -1.69. The van der Waals surface area contributed by atoms with Crippen molar-refractivity contribution in [2.45, 2.75) is 38.5 Å². The number of hydrogen-bond acceptors (Lipinski definition) is 1. The van der Waals surface area contributed by atoms with Gasteiger partial charge in [0.25, 0.3) is 0 Å². The van der Waals surface area contributed by atoms with Crippen LogP contribution in [0.1, 0.15) is 37.7 Å². The number of halogens is 2. The first kappa shape index (κ1) is 14.7. The van der Waals surface area contributed by atoms with Crippen LogP contribution >= 0.6 is 0 Å². The molecule has 0 aromatic heterocycles. The first-order valence-electron chi connectivity index (χ1n) is 7.19. The van der Waals surface area contributed by atoms with Crippen LogP contribution in [0.5, 0.6) is 0 Å². The van der Waals surface area contributed by atoms with E-state index in [1.54, 1.807) is 12.1 Å². The Labute approximate surface area is 118 Å². The maximum atomic E-state index is 13.1. The Morgan fingerprint density at radius 3 is 2.55 bits per heavy atom. The van der Waals surface area contributed by atoms with E-state index in [1.165, 1.54) is 12.1 Å². The van der Waals surface area contributed by atoms with Crippen LogP contribution in [0.25, 0.3) is 0 Å². The molecular formula is C17H19F2N. The molecule has 0 aliphatic heterocycles. The monoisotopic (exact) mass is 275 g/mol. The standard InChI is InChI=1S/C17H19F2N/c18-16-10-9-15(12-17(16)19)8-7-14-5-3-13(4-6-14)2-1-11-20/h1-2,9-10,12-14H,3-8H2/t13-,14-. The second-order valence-corrected chi connectivity index (χ2v) is 5.56. The lowest BCUT2D eigenvalue weighted by atomic mass is 9.79. The minimum Gasteiger partial charge on any atom is -0.204 e. The molecule has 1 aromatic carbocycles. The molecule has 1 aromatic rings.